The molecule has 0 aliphatic carbocycles. The number of carboxylic acids is 4. The number of hydrogen-bond donors (Lipinski definition) is 6. The van der Waals surface area contributed by atoms with Crippen LogP contribution >= 0.6 is 0 Å². The van der Waals surface area contributed by atoms with Gasteiger partial charge in [-0.25, -0.2) is 9.59 Å². The number of aliphatic carboxylic acids is 4. The smallest absolute Gasteiger partial charge is 0.359 e. The van der Waals surface area contributed by atoms with Crippen molar-refractivity contribution in [2.45, 2.75) is 64.7 Å². The highest BCUT2D eigenvalue weighted by Crippen LogP contribution is 2.15. The number of nitrogens with zero attached hydrogens (tertiary/aromatic N) is 2. The minimum Gasteiger partial charge on any atom is -0.480 e. The lowest BCUT2D eigenvalue weighted by Gasteiger charge is -2.37. The molecule has 0 saturated carbocycles. The summed E-state index contributed by atoms with van der Waals surface area (Å²) in [6.07, 6.45) is 10.9. The van der Waals surface area contributed by atoms with Crippen molar-refractivity contribution >= 4 is 35.5 Å². The molecular formula is C30H49N4O9+. The van der Waals surface area contributed by atoms with Gasteiger partial charge in [0.25, 0.3) is 0 Å². The molecule has 0 bridgehead atoms. The lowest BCUT2D eigenvalue weighted by Crippen LogP contribution is -2.59. The van der Waals surface area contributed by atoms with E-state index in [1.807, 2.05) is 12.1 Å². The van der Waals surface area contributed by atoms with Crippen LogP contribution in [0.5, 0.6) is 0 Å². The first-order valence-corrected chi connectivity index (χ1v) is 15.0. The molecule has 0 unspecified atom stereocenters. The van der Waals surface area contributed by atoms with Crippen LogP contribution in [0.1, 0.15) is 63.9 Å². The second kappa shape index (κ2) is 21.2. The lowest BCUT2D eigenvalue weighted by molar-refractivity contribution is -0.912. The number of anilines is 1. The third-order valence-corrected chi connectivity index (χ3v) is 7.15. The van der Waals surface area contributed by atoms with Crippen LogP contribution in [0.4, 0.5) is 5.69 Å². The van der Waals surface area contributed by atoms with Crippen LogP contribution in [0, 0.1) is 0 Å². The molecule has 0 aliphatic rings. The summed E-state index contributed by atoms with van der Waals surface area (Å²) in [4.78, 5) is 59.6. The molecule has 242 valence electrons. The van der Waals surface area contributed by atoms with Crippen molar-refractivity contribution in [1.82, 2.24) is 10.2 Å². The summed E-state index contributed by atoms with van der Waals surface area (Å²) in [6, 6.07) is 7.50. The molecule has 0 aromatic heterocycles. The molecule has 0 fully saturated rings. The van der Waals surface area contributed by atoms with Crippen molar-refractivity contribution in [2.24, 2.45) is 0 Å². The van der Waals surface area contributed by atoms with Gasteiger partial charge in [-0.2, -0.15) is 0 Å². The molecular weight excluding hydrogens is 560 g/mol. The topological polar surface area (TPSA) is 194 Å². The van der Waals surface area contributed by atoms with Crippen molar-refractivity contribution in [3.8, 4) is 0 Å². The number of amides is 1. The van der Waals surface area contributed by atoms with E-state index in [1.54, 1.807) is 12.1 Å². The fraction of sp³-hybridized carbons (Fsp3) is 0.633. The quantitative estimate of drug-likeness (QED) is 0.0667. The number of benzene rings is 1. The summed E-state index contributed by atoms with van der Waals surface area (Å²) in [5.41, 5.74) is 1.73. The fourth-order valence-corrected chi connectivity index (χ4v) is 4.95. The Labute approximate surface area is 253 Å². The summed E-state index contributed by atoms with van der Waals surface area (Å²) < 4.78 is -0.463. The summed E-state index contributed by atoms with van der Waals surface area (Å²) in [5.74, 6) is -5.29. The van der Waals surface area contributed by atoms with Crippen LogP contribution in [0.2, 0.25) is 0 Å². The summed E-state index contributed by atoms with van der Waals surface area (Å²) in [6.45, 7) is -0.275. The van der Waals surface area contributed by atoms with Gasteiger partial charge in [-0.05, 0) is 30.5 Å². The number of unbranched alkanes of at least 4 members (excludes halogenated alkanes) is 7. The van der Waals surface area contributed by atoms with Gasteiger partial charge in [0.15, 0.2) is 13.1 Å². The Hall–Kier alpha value is -3.55. The maximum atomic E-state index is 12.8. The number of rotatable bonds is 26. The molecule has 13 heteroatoms. The third kappa shape index (κ3) is 18.6. The lowest BCUT2D eigenvalue weighted by atomic mass is 10.0. The molecule has 1 aromatic rings. The Morgan fingerprint density at radius 2 is 1.30 bits per heavy atom. The standard InChI is InChI=1S/C30H48N4O9/c1-2-3-4-5-6-7-8-9-10-24-11-13-25(14-12-24)32-26(35)20-33(21-28(38)39)16-18-34(22-29(40)41,23-30(42)43)17-15-31-19-27(36)37/h11-14,31H,2-10,15-23H2,1H3,(H4-,32,35,36,37,38,39,40,41,42,43)/p+1. The number of aryl methyl sites for hydroxylation is 1. The second-order valence-corrected chi connectivity index (χ2v) is 11.0. The van der Waals surface area contributed by atoms with Crippen molar-refractivity contribution in [3.63, 3.8) is 0 Å². The summed E-state index contributed by atoms with van der Waals surface area (Å²) in [5, 5.41) is 42.5. The van der Waals surface area contributed by atoms with Crippen LogP contribution in [0.25, 0.3) is 0 Å². The molecule has 1 amide bonds. The molecule has 1 aromatic carbocycles. The SMILES string of the molecule is CCCCCCCCCCc1ccc(NC(=O)CN(CC[N+](CCNCC(=O)O)(CC(=O)O)CC(=O)O)CC(=O)O)cc1. The van der Waals surface area contributed by atoms with Gasteiger partial charge in [0.1, 0.15) is 0 Å². The van der Waals surface area contributed by atoms with E-state index < -0.39 is 53.9 Å². The summed E-state index contributed by atoms with van der Waals surface area (Å²) >= 11 is 0. The van der Waals surface area contributed by atoms with Crippen molar-refractivity contribution in [1.29, 1.82) is 0 Å². The molecule has 0 spiro atoms. The van der Waals surface area contributed by atoms with Crippen LogP contribution in [-0.4, -0.2) is 118 Å². The molecule has 0 radical (unpaired) electrons. The van der Waals surface area contributed by atoms with Gasteiger partial charge in [0.05, 0.1) is 32.7 Å². The van der Waals surface area contributed by atoms with Gasteiger partial charge in [0.2, 0.25) is 5.91 Å². The number of nitrogens with one attached hydrogen (secondary N) is 2. The van der Waals surface area contributed by atoms with Gasteiger partial charge in [-0.15, -0.1) is 0 Å². The van der Waals surface area contributed by atoms with E-state index in [9.17, 15) is 39.3 Å². The minimum absolute atomic E-state index is 0.0235. The Morgan fingerprint density at radius 3 is 1.84 bits per heavy atom. The third-order valence-electron chi connectivity index (χ3n) is 7.15. The number of carbonyl (C=O) groups excluding carboxylic acids is 1. The monoisotopic (exact) mass is 609 g/mol. The fourth-order valence-electron chi connectivity index (χ4n) is 4.95. The predicted molar refractivity (Wildman–Crippen MR) is 161 cm³/mol. The highest BCUT2D eigenvalue weighted by molar-refractivity contribution is 5.92. The first-order valence-electron chi connectivity index (χ1n) is 15.0. The van der Waals surface area contributed by atoms with E-state index in [-0.39, 0.29) is 39.3 Å². The largest absolute Gasteiger partial charge is 0.480 e. The average molecular weight is 610 g/mol. The van der Waals surface area contributed by atoms with Gasteiger partial charge in [0, 0.05) is 18.8 Å². The Balaban J connectivity index is 2.73. The van der Waals surface area contributed by atoms with E-state index in [1.165, 1.54) is 55.4 Å². The second-order valence-electron chi connectivity index (χ2n) is 11.0. The Bertz CT molecular complexity index is 1000. The van der Waals surface area contributed by atoms with Crippen molar-refractivity contribution in [2.75, 3.05) is 64.2 Å². The Kier molecular flexibility index (Phi) is 18.5. The van der Waals surface area contributed by atoms with Crippen LogP contribution in [0.15, 0.2) is 24.3 Å². The first-order chi connectivity index (χ1) is 20.4. The zero-order valence-electron chi connectivity index (χ0n) is 25.3. The average Bonchev–Trinajstić information content (AvgIpc) is 2.91. The molecule has 0 saturated heterocycles. The minimum atomic E-state index is -1.26. The highest BCUT2D eigenvalue weighted by atomic mass is 16.4. The molecule has 0 atom stereocenters. The number of carbonyl (C=O) groups is 5. The molecule has 0 heterocycles. The zero-order chi connectivity index (χ0) is 32.1. The van der Waals surface area contributed by atoms with E-state index in [2.05, 4.69) is 17.6 Å². The highest BCUT2D eigenvalue weighted by Gasteiger charge is 2.34. The van der Waals surface area contributed by atoms with E-state index in [0.29, 0.717) is 5.69 Å². The van der Waals surface area contributed by atoms with Gasteiger partial charge in [-0.3, -0.25) is 19.3 Å². The van der Waals surface area contributed by atoms with Crippen LogP contribution in [0.3, 0.4) is 0 Å². The van der Waals surface area contributed by atoms with Crippen molar-refractivity contribution < 1.29 is 48.9 Å². The molecule has 6 N–H and O–H groups in total. The van der Waals surface area contributed by atoms with Crippen molar-refractivity contribution in [3.05, 3.63) is 29.8 Å². The molecule has 1 rings (SSSR count). The Morgan fingerprint density at radius 1 is 0.721 bits per heavy atom. The molecule has 13 nitrogen and oxygen atoms in total. The van der Waals surface area contributed by atoms with Crippen LogP contribution in [-0.2, 0) is 30.4 Å². The maximum absolute atomic E-state index is 12.8. The zero-order valence-corrected chi connectivity index (χ0v) is 25.3. The first kappa shape index (κ1) is 37.5. The number of carboxylic acid groups (broad SMARTS) is 4. The van der Waals surface area contributed by atoms with Crippen LogP contribution < -0.4 is 10.6 Å². The predicted octanol–water partition coefficient (Wildman–Crippen LogP) is 2.36. The number of quaternary nitrogens is 1. The van der Waals surface area contributed by atoms with Gasteiger partial charge < -0.3 is 35.5 Å². The molecule has 0 aliphatic heterocycles. The normalized spacial score (nSPS) is 11.4. The van der Waals surface area contributed by atoms with E-state index in [4.69, 9.17) is 5.11 Å². The molecule has 43 heavy (non-hydrogen) atoms. The summed E-state index contributed by atoms with van der Waals surface area (Å²) in [7, 11) is 0. The van der Waals surface area contributed by atoms with Gasteiger partial charge >= 0.3 is 23.9 Å². The maximum Gasteiger partial charge on any atom is 0.359 e. The number of hydrogen-bond acceptors (Lipinski definition) is 7. The van der Waals surface area contributed by atoms with Gasteiger partial charge in [-0.1, -0.05) is 64.0 Å². The van der Waals surface area contributed by atoms with E-state index in [0.717, 1.165) is 12.8 Å². The van der Waals surface area contributed by atoms with E-state index >= 15 is 0 Å².